The number of rotatable bonds is 5. The predicted molar refractivity (Wildman–Crippen MR) is 89.2 cm³/mol. The molecule has 1 aromatic carbocycles. The number of nitrogens with zero attached hydrogens (tertiary/aromatic N) is 1. The van der Waals surface area contributed by atoms with Crippen LogP contribution >= 0.6 is 0 Å². The van der Waals surface area contributed by atoms with E-state index in [1.165, 1.54) is 18.2 Å². The van der Waals surface area contributed by atoms with E-state index in [1.807, 2.05) is 0 Å². The number of primary amides is 1. The number of nitrogens with two attached hydrogens (primary N) is 1. The van der Waals surface area contributed by atoms with Crippen molar-refractivity contribution in [1.82, 2.24) is 9.62 Å². The monoisotopic (exact) mass is 367 g/mol. The molecule has 1 aliphatic heterocycles. The normalized spacial score (nSPS) is 22.2. The molecule has 1 aromatic rings. The van der Waals surface area contributed by atoms with Crippen LogP contribution in [0.25, 0.3) is 0 Å². The topological polar surface area (TPSA) is 119 Å². The summed E-state index contributed by atoms with van der Waals surface area (Å²) in [6.07, 6.45) is 2.03. The Morgan fingerprint density at radius 3 is 2.68 bits per heavy atom. The van der Waals surface area contributed by atoms with Crippen LogP contribution < -0.4 is 11.1 Å². The van der Waals surface area contributed by atoms with Crippen LogP contribution in [-0.4, -0.2) is 56.4 Å². The van der Waals surface area contributed by atoms with Crippen LogP contribution in [0.5, 0.6) is 0 Å². The molecule has 8 nitrogen and oxygen atoms in total. The molecule has 1 aliphatic carbocycles. The number of carbonyl (C=O) groups is 2. The molecule has 2 amide bonds. The number of morpholine rings is 1. The minimum atomic E-state index is -3.84. The van der Waals surface area contributed by atoms with Crippen molar-refractivity contribution < 1.29 is 22.7 Å². The summed E-state index contributed by atoms with van der Waals surface area (Å²) in [5.41, 5.74) is 5.50. The van der Waals surface area contributed by atoms with Gasteiger partial charge in [-0.05, 0) is 37.5 Å². The minimum absolute atomic E-state index is 0.0129. The van der Waals surface area contributed by atoms with Crippen LogP contribution in [0.4, 0.5) is 0 Å². The zero-order valence-corrected chi connectivity index (χ0v) is 14.5. The molecule has 1 saturated carbocycles. The maximum absolute atomic E-state index is 12.8. The van der Waals surface area contributed by atoms with E-state index in [1.54, 1.807) is 6.07 Å². The van der Waals surface area contributed by atoms with E-state index in [2.05, 4.69) is 5.32 Å². The number of nitrogens with one attached hydrogen (secondary N) is 1. The third-order valence-electron chi connectivity index (χ3n) is 4.52. The van der Waals surface area contributed by atoms with Gasteiger partial charge in [0.1, 0.15) is 6.10 Å². The average Bonchev–Trinajstić information content (AvgIpc) is 2.58. The maximum atomic E-state index is 12.8. The Kier molecular flexibility index (Phi) is 5.07. The smallest absolute Gasteiger partial charge is 0.251 e. The molecule has 1 heterocycles. The SMILES string of the molecule is NC(=O)[C@H]1CN(S(=O)(=O)c2cccc(C(=O)NC3CCC3)c2)CCO1. The molecular formula is C16H21N3O5S. The number of ether oxygens (including phenoxy) is 1. The third kappa shape index (κ3) is 3.83. The Bertz CT molecular complexity index is 776. The molecule has 2 aliphatic rings. The maximum Gasteiger partial charge on any atom is 0.251 e. The minimum Gasteiger partial charge on any atom is -0.367 e. The van der Waals surface area contributed by atoms with Gasteiger partial charge in [0.15, 0.2) is 0 Å². The molecule has 1 atom stereocenters. The first kappa shape index (κ1) is 17.8. The zero-order valence-electron chi connectivity index (χ0n) is 13.7. The summed E-state index contributed by atoms with van der Waals surface area (Å²) < 4.78 is 32.0. The Hall–Kier alpha value is -1.97. The van der Waals surface area contributed by atoms with E-state index in [0.717, 1.165) is 23.6 Å². The van der Waals surface area contributed by atoms with Crippen molar-refractivity contribution in [2.24, 2.45) is 5.73 Å². The number of carbonyl (C=O) groups excluding carboxylic acids is 2. The van der Waals surface area contributed by atoms with Gasteiger partial charge in [-0.25, -0.2) is 8.42 Å². The fourth-order valence-electron chi connectivity index (χ4n) is 2.78. The first-order valence-corrected chi connectivity index (χ1v) is 9.64. The number of hydrogen-bond donors (Lipinski definition) is 2. The van der Waals surface area contributed by atoms with Gasteiger partial charge in [0.2, 0.25) is 15.9 Å². The van der Waals surface area contributed by atoms with Crippen LogP contribution in [-0.2, 0) is 19.6 Å². The van der Waals surface area contributed by atoms with Crippen molar-refractivity contribution in [3.8, 4) is 0 Å². The summed E-state index contributed by atoms with van der Waals surface area (Å²) >= 11 is 0. The van der Waals surface area contributed by atoms with Gasteiger partial charge >= 0.3 is 0 Å². The molecule has 25 heavy (non-hydrogen) atoms. The quantitative estimate of drug-likeness (QED) is 0.750. The van der Waals surface area contributed by atoms with Gasteiger partial charge in [0.25, 0.3) is 5.91 Å². The summed E-state index contributed by atoms with van der Waals surface area (Å²) in [7, 11) is -3.84. The average molecular weight is 367 g/mol. The lowest BCUT2D eigenvalue weighted by Gasteiger charge is -2.30. The Morgan fingerprint density at radius 1 is 1.28 bits per heavy atom. The second-order valence-corrected chi connectivity index (χ2v) is 8.19. The summed E-state index contributed by atoms with van der Waals surface area (Å²) in [4.78, 5) is 23.5. The van der Waals surface area contributed by atoms with Gasteiger partial charge in [-0.15, -0.1) is 0 Å². The molecule has 0 spiro atoms. The summed E-state index contributed by atoms with van der Waals surface area (Å²) in [5, 5.41) is 2.88. The van der Waals surface area contributed by atoms with E-state index in [9.17, 15) is 18.0 Å². The number of benzene rings is 1. The van der Waals surface area contributed by atoms with Crippen LogP contribution in [0.2, 0.25) is 0 Å². The summed E-state index contributed by atoms with van der Waals surface area (Å²) in [6.45, 7) is 0.0927. The lowest BCUT2D eigenvalue weighted by molar-refractivity contribution is -0.132. The van der Waals surface area contributed by atoms with Crippen LogP contribution in [0, 0.1) is 0 Å². The van der Waals surface area contributed by atoms with Gasteiger partial charge in [-0.2, -0.15) is 4.31 Å². The second-order valence-electron chi connectivity index (χ2n) is 6.25. The first-order valence-electron chi connectivity index (χ1n) is 8.20. The van der Waals surface area contributed by atoms with Crippen molar-refractivity contribution in [3.63, 3.8) is 0 Å². The van der Waals surface area contributed by atoms with Gasteiger partial charge in [0, 0.05) is 24.7 Å². The second kappa shape index (κ2) is 7.11. The number of amides is 2. The van der Waals surface area contributed by atoms with Gasteiger partial charge in [-0.3, -0.25) is 9.59 Å². The lowest BCUT2D eigenvalue weighted by atomic mass is 9.93. The molecule has 0 aromatic heterocycles. The van der Waals surface area contributed by atoms with Gasteiger partial charge < -0.3 is 15.8 Å². The largest absolute Gasteiger partial charge is 0.367 e. The summed E-state index contributed by atoms with van der Waals surface area (Å²) in [6, 6.07) is 6.08. The van der Waals surface area contributed by atoms with Gasteiger partial charge in [-0.1, -0.05) is 6.07 Å². The predicted octanol–water partition coefficient (Wildman–Crippen LogP) is -0.156. The molecular weight excluding hydrogens is 346 g/mol. The van der Waals surface area contributed by atoms with Crippen molar-refractivity contribution in [3.05, 3.63) is 29.8 Å². The molecule has 0 bridgehead atoms. The van der Waals surface area contributed by atoms with Crippen molar-refractivity contribution >= 4 is 21.8 Å². The van der Waals surface area contributed by atoms with Crippen molar-refractivity contribution in [1.29, 1.82) is 0 Å². The molecule has 1 saturated heterocycles. The van der Waals surface area contributed by atoms with Gasteiger partial charge in [0.05, 0.1) is 11.5 Å². The zero-order chi connectivity index (χ0) is 18.0. The van der Waals surface area contributed by atoms with Crippen molar-refractivity contribution in [2.45, 2.75) is 36.3 Å². The van der Waals surface area contributed by atoms with Crippen LogP contribution in [0.15, 0.2) is 29.2 Å². The Morgan fingerprint density at radius 2 is 2.04 bits per heavy atom. The molecule has 136 valence electrons. The van der Waals surface area contributed by atoms with E-state index in [-0.39, 0.29) is 36.5 Å². The first-order chi connectivity index (χ1) is 11.9. The molecule has 9 heteroatoms. The highest BCUT2D eigenvalue weighted by atomic mass is 32.2. The molecule has 3 N–H and O–H groups in total. The highest BCUT2D eigenvalue weighted by molar-refractivity contribution is 7.89. The van der Waals surface area contributed by atoms with E-state index >= 15 is 0 Å². The molecule has 2 fully saturated rings. The van der Waals surface area contributed by atoms with E-state index < -0.39 is 22.0 Å². The molecule has 0 radical (unpaired) electrons. The highest BCUT2D eigenvalue weighted by Gasteiger charge is 2.33. The Balaban J connectivity index is 1.78. The molecule has 0 unspecified atom stereocenters. The Labute approximate surface area is 146 Å². The number of sulfonamides is 1. The molecule has 3 rings (SSSR count). The third-order valence-corrected chi connectivity index (χ3v) is 6.38. The summed E-state index contributed by atoms with van der Waals surface area (Å²) in [5.74, 6) is -0.979. The van der Waals surface area contributed by atoms with E-state index in [4.69, 9.17) is 10.5 Å². The highest BCUT2D eigenvalue weighted by Crippen LogP contribution is 2.21. The van der Waals surface area contributed by atoms with Crippen LogP contribution in [0.1, 0.15) is 29.6 Å². The fourth-order valence-corrected chi connectivity index (χ4v) is 4.26. The standard InChI is InChI=1S/C16H21N3O5S/c17-15(20)14-10-19(7-8-24-14)25(22,23)13-6-1-3-11(9-13)16(21)18-12-4-2-5-12/h1,3,6,9,12,14H,2,4-5,7-8,10H2,(H2,17,20)(H,18,21)/t14-/m1/s1. The lowest BCUT2D eigenvalue weighted by Crippen LogP contribution is -2.50. The van der Waals surface area contributed by atoms with Crippen molar-refractivity contribution in [2.75, 3.05) is 19.7 Å². The number of hydrogen-bond acceptors (Lipinski definition) is 5. The fraction of sp³-hybridized carbons (Fsp3) is 0.500. The van der Waals surface area contributed by atoms with E-state index in [0.29, 0.717) is 5.56 Å². The van der Waals surface area contributed by atoms with Crippen LogP contribution in [0.3, 0.4) is 0 Å².